The second kappa shape index (κ2) is 6.01. The molecule has 2 aromatic rings. The summed E-state index contributed by atoms with van der Waals surface area (Å²) < 4.78 is 1.70. The van der Waals surface area contributed by atoms with Crippen LogP contribution in [0.15, 0.2) is 18.5 Å². The van der Waals surface area contributed by atoms with E-state index >= 15 is 0 Å². The quantitative estimate of drug-likeness (QED) is 0.801. The van der Waals surface area contributed by atoms with E-state index in [2.05, 4.69) is 32.1 Å². The summed E-state index contributed by atoms with van der Waals surface area (Å²) in [5.41, 5.74) is 0.762. The van der Waals surface area contributed by atoms with E-state index in [1.54, 1.807) is 17.8 Å². The van der Waals surface area contributed by atoms with Gasteiger partial charge in [0.15, 0.2) is 5.65 Å². The number of nitrogens with zero attached hydrogens (tertiary/aromatic N) is 7. The number of anilines is 1. The van der Waals surface area contributed by atoms with Gasteiger partial charge >= 0.3 is 0 Å². The number of fused-ring (bicyclic) bond motifs is 1. The van der Waals surface area contributed by atoms with Gasteiger partial charge in [0.25, 0.3) is 0 Å². The zero-order valence-corrected chi connectivity index (χ0v) is 14.2. The van der Waals surface area contributed by atoms with Crippen molar-refractivity contribution >= 4 is 17.4 Å². The molecule has 2 aromatic heterocycles. The Morgan fingerprint density at radius 3 is 3.00 bits per heavy atom. The van der Waals surface area contributed by atoms with Crippen molar-refractivity contribution in [2.75, 3.05) is 38.1 Å². The Morgan fingerprint density at radius 1 is 1.38 bits per heavy atom. The molecule has 1 amide bonds. The Hall–Kier alpha value is -2.22. The van der Waals surface area contributed by atoms with Crippen molar-refractivity contribution in [1.82, 2.24) is 29.6 Å². The van der Waals surface area contributed by atoms with E-state index in [4.69, 9.17) is 0 Å². The van der Waals surface area contributed by atoms with Crippen LogP contribution in [0.25, 0.3) is 5.65 Å². The fourth-order valence-corrected chi connectivity index (χ4v) is 3.73. The minimum Gasteiger partial charge on any atom is -0.352 e. The number of hydrogen-bond donors (Lipinski definition) is 0. The molecule has 4 rings (SSSR count). The maximum Gasteiger partial charge on any atom is 0.219 e. The van der Waals surface area contributed by atoms with Gasteiger partial charge in [-0.3, -0.25) is 9.69 Å². The van der Waals surface area contributed by atoms with Gasteiger partial charge < -0.3 is 9.80 Å². The molecule has 0 aliphatic carbocycles. The smallest absolute Gasteiger partial charge is 0.219 e. The topological polar surface area (TPSA) is 69.9 Å². The van der Waals surface area contributed by atoms with Crippen molar-refractivity contribution < 1.29 is 4.79 Å². The molecule has 1 unspecified atom stereocenters. The summed E-state index contributed by atoms with van der Waals surface area (Å²) in [6.07, 6.45) is 3.86. The van der Waals surface area contributed by atoms with E-state index in [9.17, 15) is 4.79 Å². The molecule has 0 N–H and O–H groups in total. The Bertz CT molecular complexity index is 739. The van der Waals surface area contributed by atoms with Crippen molar-refractivity contribution in [3.63, 3.8) is 0 Å². The van der Waals surface area contributed by atoms with Gasteiger partial charge in [0.1, 0.15) is 12.1 Å². The van der Waals surface area contributed by atoms with E-state index in [1.165, 1.54) is 0 Å². The molecule has 2 aliphatic rings. The third-order valence-corrected chi connectivity index (χ3v) is 5.24. The molecule has 0 spiro atoms. The molecule has 8 nitrogen and oxygen atoms in total. The molecular formula is C16H23N7O. The SMILES string of the molecule is CC(=O)N1CCCC1CN(C)C1CN(c2ccc3nncn3n2)C1. The van der Waals surface area contributed by atoms with E-state index in [0.717, 1.165) is 50.5 Å². The summed E-state index contributed by atoms with van der Waals surface area (Å²) in [6.45, 7) is 5.47. The van der Waals surface area contributed by atoms with Crippen molar-refractivity contribution in [3.8, 4) is 0 Å². The third-order valence-electron chi connectivity index (χ3n) is 5.24. The van der Waals surface area contributed by atoms with Gasteiger partial charge in [-0.15, -0.1) is 15.3 Å². The molecule has 0 saturated carbocycles. The van der Waals surface area contributed by atoms with Crippen LogP contribution in [0.2, 0.25) is 0 Å². The lowest BCUT2D eigenvalue weighted by Gasteiger charge is -2.45. The zero-order valence-electron chi connectivity index (χ0n) is 14.2. The molecule has 2 aliphatic heterocycles. The lowest BCUT2D eigenvalue weighted by Crippen LogP contribution is -2.60. The molecule has 8 heteroatoms. The number of rotatable bonds is 4. The first-order valence-corrected chi connectivity index (χ1v) is 8.51. The molecule has 0 aromatic carbocycles. The molecule has 2 saturated heterocycles. The van der Waals surface area contributed by atoms with Gasteiger partial charge in [-0.1, -0.05) is 0 Å². The van der Waals surface area contributed by atoms with Gasteiger partial charge in [-0.05, 0) is 32.0 Å². The third kappa shape index (κ3) is 2.71. The number of carbonyl (C=O) groups excluding carboxylic acids is 1. The standard InChI is InChI=1S/C16H23N7O/c1-12(24)22-7-3-4-13(22)8-20(2)14-9-21(10-14)16-6-5-15-18-17-11-23(15)19-16/h5-6,11,13-14H,3-4,7-10H2,1-2H3. The van der Waals surface area contributed by atoms with Crippen LogP contribution in [0.5, 0.6) is 0 Å². The van der Waals surface area contributed by atoms with Crippen molar-refractivity contribution in [2.45, 2.75) is 31.8 Å². The first kappa shape index (κ1) is 15.3. The second-order valence-electron chi connectivity index (χ2n) is 6.83. The monoisotopic (exact) mass is 329 g/mol. The molecule has 24 heavy (non-hydrogen) atoms. The highest BCUT2D eigenvalue weighted by molar-refractivity contribution is 5.73. The van der Waals surface area contributed by atoms with Gasteiger partial charge in [0, 0.05) is 45.2 Å². The van der Waals surface area contributed by atoms with Crippen LogP contribution in [-0.2, 0) is 4.79 Å². The summed E-state index contributed by atoms with van der Waals surface area (Å²) in [5.74, 6) is 1.16. The van der Waals surface area contributed by atoms with Gasteiger partial charge in [0.2, 0.25) is 5.91 Å². The van der Waals surface area contributed by atoms with Crippen LogP contribution in [0, 0.1) is 0 Å². The Labute approximate surface area is 141 Å². The van der Waals surface area contributed by atoms with Crippen LogP contribution in [0.1, 0.15) is 19.8 Å². The first-order chi connectivity index (χ1) is 11.6. The lowest BCUT2D eigenvalue weighted by atomic mass is 10.1. The van der Waals surface area contributed by atoms with Crippen LogP contribution in [0.3, 0.4) is 0 Å². The van der Waals surface area contributed by atoms with Crippen LogP contribution < -0.4 is 4.90 Å². The highest BCUT2D eigenvalue weighted by Gasteiger charge is 2.34. The average molecular weight is 329 g/mol. The highest BCUT2D eigenvalue weighted by atomic mass is 16.2. The zero-order chi connectivity index (χ0) is 16.7. The maximum absolute atomic E-state index is 11.7. The summed E-state index contributed by atoms with van der Waals surface area (Å²) in [4.78, 5) is 18.4. The molecule has 1 atom stereocenters. The number of likely N-dealkylation sites (N-methyl/N-ethyl adjacent to an activating group) is 1. The van der Waals surface area contributed by atoms with Crippen LogP contribution in [0.4, 0.5) is 5.82 Å². The van der Waals surface area contributed by atoms with Crippen molar-refractivity contribution in [2.24, 2.45) is 0 Å². The fourth-order valence-electron chi connectivity index (χ4n) is 3.73. The summed E-state index contributed by atoms with van der Waals surface area (Å²) >= 11 is 0. The van der Waals surface area contributed by atoms with Crippen LogP contribution in [-0.4, -0.2) is 80.8 Å². The molecule has 0 radical (unpaired) electrons. The fraction of sp³-hybridized carbons (Fsp3) is 0.625. The van der Waals surface area contributed by atoms with Gasteiger partial charge in [0.05, 0.1) is 0 Å². The number of hydrogen-bond acceptors (Lipinski definition) is 6. The van der Waals surface area contributed by atoms with E-state index < -0.39 is 0 Å². The summed E-state index contributed by atoms with van der Waals surface area (Å²) in [6, 6.07) is 4.82. The average Bonchev–Trinajstić information content (AvgIpc) is 3.13. The van der Waals surface area contributed by atoms with Crippen molar-refractivity contribution in [1.29, 1.82) is 0 Å². The second-order valence-corrected chi connectivity index (χ2v) is 6.83. The molecule has 128 valence electrons. The number of aromatic nitrogens is 4. The molecule has 4 heterocycles. The minimum atomic E-state index is 0.201. The Morgan fingerprint density at radius 2 is 2.21 bits per heavy atom. The summed E-state index contributed by atoms with van der Waals surface area (Å²) in [7, 11) is 2.16. The van der Waals surface area contributed by atoms with E-state index in [1.807, 2.05) is 17.0 Å². The van der Waals surface area contributed by atoms with E-state index in [-0.39, 0.29) is 5.91 Å². The highest BCUT2D eigenvalue weighted by Crippen LogP contribution is 2.24. The van der Waals surface area contributed by atoms with Crippen molar-refractivity contribution in [3.05, 3.63) is 18.5 Å². The number of amides is 1. The van der Waals surface area contributed by atoms with Crippen LogP contribution >= 0.6 is 0 Å². The number of likely N-dealkylation sites (tertiary alicyclic amines) is 1. The minimum absolute atomic E-state index is 0.201. The van der Waals surface area contributed by atoms with Gasteiger partial charge in [-0.25, -0.2) is 0 Å². The largest absolute Gasteiger partial charge is 0.352 e. The molecule has 0 bridgehead atoms. The predicted molar refractivity (Wildman–Crippen MR) is 89.8 cm³/mol. The molecule has 2 fully saturated rings. The maximum atomic E-state index is 11.7. The Balaban J connectivity index is 1.34. The molecular weight excluding hydrogens is 306 g/mol. The predicted octanol–water partition coefficient (Wildman–Crippen LogP) is 0.256. The van der Waals surface area contributed by atoms with E-state index in [0.29, 0.717) is 12.1 Å². The Kier molecular flexibility index (Phi) is 3.84. The summed E-state index contributed by atoms with van der Waals surface area (Å²) in [5, 5.41) is 12.4. The lowest BCUT2D eigenvalue weighted by molar-refractivity contribution is -0.130. The number of carbonyl (C=O) groups is 1. The normalized spacial score (nSPS) is 21.7. The first-order valence-electron chi connectivity index (χ1n) is 8.51. The van der Waals surface area contributed by atoms with Gasteiger partial charge in [-0.2, -0.15) is 4.52 Å².